The standard InChI is InChI=1S/C21H34N2/c1-4-20(3)17(2)19(22)15-21(13-9-6-10-14-21)23(20)16-18-11-7-5-8-12-18/h5,7-8,11-12,17,19H,4,6,9-10,13-16,22H2,1-3H3. The van der Waals surface area contributed by atoms with Gasteiger partial charge in [0.05, 0.1) is 0 Å². The molecular weight excluding hydrogens is 280 g/mol. The van der Waals surface area contributed by atoms with Gasteiger partial charge in [-0.1, -0.05) is 63.4 Å². The van der Waals surface area contributed by atoms with Crippen LogP contribution in [0.25, 0.3) is 0 Å². The van der Waals surface area contributed by atoms with Gasteiger partial charge in [0.2, 0.25) is 0 Å². The summed E-state index contributed by atoms with van der Waals surface area (Å²) in [5, 5.41) is 0. The van der Waals surface area contributed by atoms with E-state index in [9.17, 15) is 0 Å². The lowest BCUT2D eigenvalue weighted by molar-refractivity contribution is -0.118. The Hall–Kier alpha value is -0.860. The quantitative estimate of drug-likeness (QED) is 0.874. The first-order valence-corrected chi connectivity index (χ1v) is 9.59. The van der Waals surface area contributed by atoms with Crippen molar-refractivity contribution in [3.63, 3.8) is 0 Å². The first-order chi connectivity index (χ1) is 11.0. The van der Waals surface area contributed by atoms with Crippen molar-refractivity contribution in [2.45, 2.75) is 89.4 Å². The van der Waals surface area contributed by atoms with E-state index in [0.29, 0.717) is 17.5 Å². The molecular formula is C21H34N2. The molecule has 1 aromatic carbocycles. The molecule has 2 fully saturated rings. The van der Waals surface area contributed by atoms with Crippen LogP contribution in [-0.2, 0) is 6.54 Å². The summed E-state index contributed by atoms with van der Waals surface area (Å²) in [5.74, 6) is 0.545. The minimum absolute atomic E-state index is 0.199. The van der Waals surface area contributed by atoms with Crippen LogP contribution >= 0.6 is 0 Å². The molecule has 23 heavy (non-hydrogen) atoms. The van der Waals surface area contributed by atoms with Gasteiger partial charge in [-0.15, -0.1) is 0 Å². The van der Waals surface area contributed by atoms with Crippen LogP contribution in [0, 0.1) is 5.92 Å². The van der Waals surface area contributed by atoms with Crippen LogP contribution < -0.4 is 5.73 Å². The number of likely N-dealkylation sites (tertiary alicyclic amines) is 1. The monoisotopic (exact) mass is 314 g/mol. The maximum atomic E-state index is 6.66. The molecule has 1 aromatic rings. The molecule has 2 heteroatoms. The van der Waals surface area contributed by atoms with Crippen molar-refractivity contribution in [3.8, 4) is 0 Å². The predicted molar refractivity (Wildman–Crippen MR) is 98.3 cm³/mol. The van der Waals surface area contributed by atoms with E-state index < -0.39 is 0 Å². The van der Waals surface area contributed by atoms with Crippen LogP contribution in [0.2, 0.25) is 0 Å². The van der Waals surface area contributed by atoms with E-state index in [1.165, 1.54) is 50.5 Å². The lowest BCUT2D eigenvalue weighted by atomic mass is 9.63. The molecule has 0 bridgehead atoms. The second-order valence-electron chi connectivity index (χ2n) is 8.22. The van der Waals surface area contributed by atoms with E-state index in [2.05, 4.69) is 56.0 Å². The molecule has 1 heterocycles. The summed E-state index contributed by atoms with van der Waals surface area (Å²) in [6.07, 6.45) is 9.14. The first-order valence-electron chi connectivity index (χ1n) is 9.59. The highest BCUT2D eigenvalue weighted by Gasteiger charge is 2.54. The summed E-state index contributed by atoms with van der Waals surface area (Å²) < 4.78 is 0. The van der Waals surface area contributed by atoms with Crippen LogP contribution in [0.4, 0.5) is 0 Å². The molecule has 3 rings (SSSR count). The number of nitrogens with zero attached hydrogens (tertiary/aromatic N) is 1. The van der Waals surface area contributed by atoms with Gasteiger partial charge in [0, 0.05) is 23.7 Å². The lowest BCUT2D eigenvalue weighted by Crippen LogP contribution is -2.70. The third-order valence-corrected chi connectivity index (χ3v) is 7.11. The molecule has 128 valence electrons. The molecule has 2 N–H and O–H groups in total. The van der Waals surface area contributed by atoms with Gasteiger partial charge in [0.25, 0.3) is 0 Å². The minimum Gasteiger partial charge on any atom is -0.327 e. The second-order valence-corrected chi connectivity index (χ2v) is 8.22. The zero-order valence-corrected chi connectivity index (χ0v) is 15.2. The highest BCUT2D eigenvalue weighted by molar-refractivity contribution is 5.18. The molecule has 1 saturated carbocycles. The average molecular weight is 315 g/mol. The van der Waals surface area contributed by atoms with Gasteiger partial charge in [-0.05, 0) is 44.1 Å². The molecule has 1 saturated heterocycles. The van der Waals surface area contributed by atoms with E-state index in [0.717, 1.165) is 6.54 Å². The van der Waals surface area contributed by atoms with Crippen LogP contribution in [0.15, 0.2) is 30.3 Å². The molecule has 3 unspecified atom stereocenters. The summed E-state index contributed by atoms with van der Waals surface area (Å²) in [4.78, 5) is 2.88. The van der Waals surface area contributed by atoms with Crippen molar-refractivity contribution in [2.24, 2.45) is 11.7 Å². The number of rotatable bonds is 3. The summed E-state index contributed by atoms with van der Waals surface area (Å²) in [6.45, 7) is 8.27. The zero-order valence-electron chi connectivity index (χ0n) is 15.2. The molecule has 0 amide bonds. The highest BCUT2D eigenvalue weighted by Crippen LogP contribution is 2.50. The van der Waals surface area contributed by atoms with E-state index in [4.69, 9.17) is 5.73 Å². The Bertz CT molecular complexity index is 506. The summed E-state index contributed by atoms with van der Waals surface area (Å²) in [5.41, 5.74) is 8.63. The smallest absolute Gasteiger partial charge is 0.0244 e. The molecule has 1 aliphatic carbocycles. The van der Waals surface area contributed by atoms with Crippen LogP contribution in [0.5, 0.6) is 0 Å². The largest absolute Gasteiger partial charge is 0.327 e. The molecule has 3 atom stereocenters. The first kappa shape index (κ1) is 17.0. The van der Waals surface area contributed by atoms with Crippen molar-refractivity contribution in [1.29, 1.82) is 0 Å². The molecule has 0 aromatic heterocycles. The van der Waals surface area contributed by atoms with Crippen LogP contribution in [-0.4, -0.2) is 22.0 Å². The fraction of sp³-hybridized carbons (Fsp3) is 0.714. The van der Waals surface area contributed by atoms with Gasteiger partial charge in [-0.25, -0.2) is 0 Å². The van der Waals surface area contributed by atoms with Crippen LogP contribution in [0.1, 0.15) is 71.3 Å². The zero-order chi connectivity index (χ0) is 16.5. The van der Waals surface area contributed by atoms with Crippen molar-refractivity contribution < 1.29 is 0 Å². The molecule has 1 aliphatic heterocycles. The molecule has 0 radical (unpaired) electrons. The Morgan fingerprint density at radius 1 is 1.13 bits per heavy atom. The third-order valence-electron chi connectivity index (χ3n) is 7.11. The Morgan fingerprint density at radius 3 is 2.39 bits per heavy atom. The van der Waals surface area contributed by atoms with Gasteiger partial charge in [-0.3, -0.25) is 4.90 Å². The molecule has 1 spiro atoms. The van der Waals surface area contributed by atoms with E-state index in [-0.39, 0.29) is 5.54 Å². The number of nitrogens with two attached hydrogens (primary N) is 1. The van der Waals surface area contributed by atoms with Gasteiger partial charge < -0.3 is 5.73 Å². The number of piperidine rings is 1. The third kappa shape index (κ3) is 2.96. The van der Waals surface area contributed by atoms with Gasteiger partial charge >= 0.3 is 0 Å². The summed E-state index contributed by atoms with van der Waals surface area (Å²) in [7, 11) is 0. The molecule has 2 aliphatic rings. The topological polar surface area (TPSA) is 29.3 Å². The summed E-state index contributed by atoms with van der Waals surface area (Å²) >= 11 is 0. The lowest BCUT2D eigenvalue weighted by Gasteiger charge is -2.62. The maximum absolute atomic E-state index is 6.66. The van der Waals surface area contributed by atoms with Crippen molar-refractivity contribution in [3.05, 3.63) is 35.9 Å². The molecule has 2 nitrogen and oxygen atoms in total. The Labute approximate surface area is 142 Å². The fourth-order valence-electron chi connectivity index (χ4n) is 5.29. The van der Waals surface area contributed by atoms with Gasteiger partial charge in [0.15, 0.2) is 0 Å². The fourth-order valence-corrected chi connectivity index (χ4v) is 5.29. The van der Waals surface area contributed by atoms with Gasteiger partial charge in [0.1, 0.15) is 0 Å². The summed E-state index contributed by atoms with van der Waals surface area (Å²) in [6, 6.07) is 11.4. The Balaban J connectivity index is 1.99. The SMILES string of the molecule is CCC1(C)C(C)C(N)CC2(CCCCC2)N1Cc1ccccc1. The average Bonchev–Trinajstić information content (AvgIpc) is 2.59. The van der Waals surface area contributed by atoms with E-state index in [1.54, 1.807) is 0 Å². The van der Waals surface area contributed by atoms with E-state index in [1.807, 2.05) is 0 Å². The van der Waals surface area contributed by atoms with E-state index >= 15 is 0 Å². The highest BCUT2D eigenvalue weighted by atomic mass is 15.3. The Morgan fingerprint density at radius 2 is 1.78 bits per heavy atom. The van der Waals surface area contributed by atoms with Crippen molar-refractivity contribution in [2.75, 3.05) is 0 Å². The normalized spacial score (nSPS) is 34.6. The number of hydrogen-bond acceptors (Lipinski definition) is 2. The van der Waals surface area contributed by atoms with Crippen molar-refractivity contribution >= 4 is 0 Å². The second kappa shape index (κ2) is 6.57. The Kier molecular flexibility index (Phi) is 4.85. The predicted octanol–water partition coefficient (Wildman–Crippen LogP) is 4.73. The number of hydrogen-bond donors (Lipinski definition) is 1. The van der Waals surface area contributed by atoms with Crippen molar-refractivity contribution in [1.82, 2.24) is 4.90 Å². The van der Waals surface area contributed by atoms with Crippen LogP contribution in [0.3, 0.4) is 0 Å². The number of benzene rings is 1. The maximum Gasteiger partial charge on any atom is 0.0244 e. The van der Waals surface area contributed by atoms with Gasteiger partial charge in [-0.2, -0.15) is 0 Å². The minimum atomic E-state index is 0.199.